The Morgan fingerprint density at radius 3 is 2.69 bits per heavy atom. The fourth-order valence-electron chi connectivity index (χ4n) is 4.57. The van der Waals surface area contributed by atoms with Crippen LogP contribution in [0.15, 0.2) is 59.5 Å². The Balaban J connectivity index is 1.34. The summed E-state index contributed by atoms with van der Waals surface area (Å²) in [5.74, 6) is -0.263. The van der Waals surface area contributed by atoms with Crippen LogP contribution in [0.3, 0.4) is 0 Å². The van der Waals surface area contributed by atoms with Crippen molar-refractivity contribution < 1.29 is 4.79 Å². The first-order valence-electron chi connectivity index (χ1n) is 12.2. The van der Waals surface area contributed by atoms with Crippen molar-refractivity contribution in [1.82, 2.24) is 25.0 Å². The standard InChI is InChI=1S/C27H31N7O/c1-19(14-23(17-28-2)34-12-3-4-13-34)20-6-9-25-24(15-20)26(32-31-25)27(35)30-21-7-8-22(29-16-21)18-33-10-5-11-33/h6-9,14-17H,2-5,10-13,18H2,1H3,(H,30,35)(H,31,32)/b19-14+,23-17+. The number of nitrogens with one attached hydrogen (secondary N) is 2. The zero-order valence-electron chi connectivity index (χ0n) is 20.1. The summed E-state index contributed by atoms with van der Waals surface area (Å²) in [5, 5.41) is 11.0. The summed E-state index contributed by atoms with van der Waals surface area (Å²) in [5.41, 5.74) is 6.02. The number of carbonyl (C=O) groups excluding carboxylic acids is 1. The van der Waals surface area contributed by atoms with Gasteiger partial charge in [0.15, 0.2) is 5.69 Å². The number of pyridine rings is 1. The maximum atomic E-state index is 13.0. The molecule has 35 heavy (non-hydrogen) atoms. The number of likely N-dealkylation sites (tertiary alicyclic amines) is 2. The fraction of sp³-hybridized carbons (Fsp3) is 0.333. The molecule has 8 heteroatoms. The molecule has 0 atom stereocenters. The van der Waals surface area contributed by atoms with E-state index in [1.165, 1.54) is 19.3 Å². The molecular formula is C27H31N7O. The van der Waals surface area contributed by atoms with E-state index < -0.39 is 0 Å². The van der Waals surface area contributed by atoms with E-state index in [9.17, 15) is 4.79 Å². The smallest absolute Gasteiger partial charge is 0.276 e. The maximum Gasteiger partial charge on any atom is 0.276 e. The molecule has 2 aliphatic heterocycles. The number of H-pyrrole nitrogens is 1. The van der Waals surface area contributed by atoms with Crippen LogP contribution in [-0.4, -0.2) is 63.8 Å². The minimum atomic E-state index is -0.263. The van der Waals surface area contributed by atoms with Crippen molar-refractivity contribution in [2.24, 2.45) is 4.99 Å². The number of carbonyl (C=O) groups is 1. The maximum absolute atomic E-state index is 13.0. The Kier molecular flexibility index (Phi) is 6.72. The molecule has 1 aromatic carbocycles. The lowest BCUT2D eigenvalue weighted by atomic mass is 10.0. The molecule has 2 saturated heterocycles. The number of fused-ring (bicyclic) bond motifs is 1. The number of anilines is 1. The Bertz CT molecular complexity index is 1280. The van der Waals surface area contributed by atoms with Gasteiger partial charge in [0, 0.05) is 31.2 Å². The van der Waals surface area contributed by atoms with E-state index in [1.54, 1.807) is 6.20 Å². The van der Waals surface area contributed by atoms with Gasteiger partial charge in [-0.05, 0) is 87.5 Å². The molecule has 4 heterocycles. The van der Waals surface area contributed by atoms with E-state index in [0.717, 1.165) is 66.2 Å². The van der Waals surface area contributed by atoms with Gasteiger partial charge in [-0.3, -0.25) is 24.8 Å². The molecule has 0 radical (unpaired) electrons. The van der Waals surface area contributed by atoms with Gasteiger partial charge in [-0.2, -0.15) is 5.10 Å². The summed E-state index contributed by atoms with van der Waals surface area (Å²) in [4.78, 5) is 26.2. The van der Waals surface area contributed by atoms with Crippen molar-refractivity contribution in [3.63, 3.8) is 0 Å². The summed E-state index contributed by atoms with van der Waals surface area (Å²) < 4.78 is 0. The lowest BCUT2D eigenvalue weighted by molar-refractivity contribution is 0.102. The average molecular weight is 470 g/mol. The molecule has 0 aliphatic carbocycles. The lowest BCUT2D eigenvalue weighted by Gasteiger charge is -2.30. The van der Waals surface area contributed by atoms with Crippen LogP contribution in [0.1, 0.15) is 47.9 Å². The number of aliphatic imine (C=N–C) groups is 1. The molecule has 0 saturated carbocycles. The quantitative estimate of drug-likeness (QED) is 0.376. The molecule has 2 aliphatic rings. The number of aromatic nitrogens is 3. The molecule has 2 aromatic heterocycles. The molecule has 2 N–H and O–H groups in total. The van der Waals surface area contributed by atoms with E-state index >= 15 is 0 Å². The highest BCUT2D eigenvalue weighted by atomic mass is 16.1. The zero-order chi connectivity index (χ0) is 24.2. The first kappa shape index (κ1) is 23.0. The predicted octanol–water partition coefficient (Wildman–Crippen LogP) is 4.46. The van der Waals surface area contributed by atoms with Crippen molar-refractivity contribution in [1.29, 1.82) is 0 Å². The Hall–Kier alpha value is -3.78. The molecule has 180 valence electrons. The van der Waals surface area contributed by atoms with Crippen LogP contribution >= 0.6 is 0 Å². The van der Waals surface area contributed by atoms with Gasteiger partial charge in [-0.25, -0.2) is 0 Å². The van der Waals surface area contributed by atoms with Gasteiger partial charge in [-0.1, -0.05) is 6.07 Å². The molecule has 0 spiro atoms. The molecular weight excluding hydrogens is 438 g/mol. The van der Waals surface area contributed by atoms with Crippen molar-refractivity contribution in [2.75, 3.05) is 31.5 Å². The predicted molar refractivity (Wildman–Crippen MR) is 140 cm³/mol. The molecule has 3 aromatic rings. The molecule has 5 rings (SSSR count). The number of allylic oxidation sites excluding steroid dienone is 2. The second-order valence-corrected chi connectivity index (χ2v) is 9.21. The summed E-state index contributed by atoms with van der Waals surface area (Å²) in [6, 6.07) is 9.87. The normalized spacial score (nSPS) is 17.0. The minimum Gasteiger partial charge on any atom is -0.370 e. The Morgan fingerprint density at radius 2 is 2.00 bits per heavy atom. The highest BCUT2D eigenvalue weighted by Gasteiger charge is 2.18. The topological polar surface area (TPSA) is 89.5 Å². The monoisotopic (exact) mass is 469 g/mol. The molecule has 8 nitrogen and oxygen atoms in total. The molecule has 0 unspecified atom stereocenters. The first-order chi connectivity index (χ1) is 17.1. The van der Waals surface area contributed by atoms with Crippen molar-refractivity contribution in [2.45, 2.75) is 32.7 Å². The van der Waals surface area contributed by atoms with E-state index in [1.807, 2.05) is 36.5 Å². The highest BCUT2D eigenvalue weighted by molar-refractivity contribution is 6.11. The van der Waals surface area contributed by atoms with Gasteiger partial charge >= 0.3 is 0 Å². The van der Waals surface area contributed by atoms with Crippen LogP contribution in [0.25, 0.3) is 16.5 Å². The first-order valence-corrected chi connectivity index (χ1v) is 12.2. The van der Waals surface area contributed by atoms with E-state index in [2.05, 4.69) is 55.0 Å². The summed E-state index contributed by atoms with van der Waals surface area (Å²) in [6.45, 7) is 10.9. The third-order valence-corrected chi connectivity index (χ3v) is 6.71. The van der Waals surface area contributed by atoms with Crippen LogP contribution < -0.4 is 5.32 Å². The Labute approximate surface area is 205 Å². The van der Waals surface area contributed by atoms with Gasteiger partial charge in [-0.15, -0.1) is 0 Å². The molecule has 0 bridgehead atoms. The number of aromatic amines is 1. The van der Waals surface area contributed by atoms with Crippen LogP contribution in [0.2, 0.25) is 0 Å². The third kappa shape index (κ3) is 5.17. The van der Waals surface area contributed by atoms with E-state index in [0.29, 0.717) is 11.4 Å². The summed E-state index contributed by atoms with van der Waals surface area (Å²) >= 11 is 0. The van der Waals surface area contributed by atoms with Crippen LogP contribution in [0.5, 0.6) is 0 Å². The highest BCUT2D eigenvalue weighted by Crippen LogP contribution is 2.26. The SMILES string of the molecule is C=N/C=C(\C=C(/C)c1ccc2[nH]nc(C(=O)Nc3ccc(CN4CCC4)nc3)c2c1)N1CCCC1. The van der Waals surface area contributed by atoms with Gasteiger partial charge in [0.1, 0.15) is 0 Å². The van der Waals surface area contributed by atoms with Crippen molar-refractivity contribution in [3.8, 4) is 0 Å². The third-order valence-electron chi connectivity index (χ3n) is 6.71. The molecule has 2 fully saturated rings. The van der Waals surface area contributed by atoms with Gasteiger partial charge in [0.25, 0.3) is 5.91 Å². The zero-order valence-corrected chi connectivity index (χ0v) is 20.1. The second-order valence-electron chi connectivity index (χ2n) is 9.21. The minimum absolute atomic E-state index is 0.263. The van der Waals surface area contributed by atoms with Gasteiger partial charge in [0.2, 0.25) is 0 Å². The van der Waals surface area contributed by atoms with Crippen LogP contribution in [0.4, 0.5) is 5.69 Å². The second kappa shape index (κ2) is 10.2. The van der Waals surface area contributed by atoms with E-state index in [-0.39, 0.29) is 5.91 Å². The number of hydrogen-bond acceptors (Lipinski definition) is 6. The molecule has 1 amide bonds. The summed E-state index contributed by atoms with van der Waals surface area (Å²) in [6.07, 6.45) is 9.29. The number of rotatable bonds is 8. The number of amides is 1. The van der Waals surface area contributed by atoms with Gasteiger partial charge < -0.3 is 10.2 Å². The van der Waals surface area contributed by atoms with Crippen molar-refractivity contribution in [3.05, 3.63) is 71.5 Å². The Morgan fingerprint density at radius 1 is 1.17 bits per heavy atom. The van der Waals surface area contributed by atoms with E-state index in [4.69, 9.17) is 0 Å². The largest absolute Gasteiger partial charge is 0.370 e. The summed E-state index contributed by atoms with van der Waals surface area (Å²) in [7, 11) is 0. The van der Waals surface area contributed by atoms with Crippen LogP contribution in [0, 0.1) is 0 Å². The number of nitrogens with zero attached hydrogens (tertiary/aromatic N) is 5. The average Bonchev–Trinajstić information content (AvgIpc) is 3.52. The number of hydrogen-bond donors (Lipinski definition) is 2. The van der Waals surface area contributed by atoms with Gasteiger partial charge in [0.05, 0.1) is 28.8 Å². The lowest BCUT2D eigenvalue weighted by Crippen LogP contribution is -2.36. The number of benzene rings is 1. The fourth-order valence-corrected chi connectivity index (χ4v) is 4.57. The van der Waals surface area contributed by atoms with Crippen LogP contribution in [-0.2, 0) is 6.54 Å². The van der Waals surface area contributed by atoms with Crippen molar-refractivity contribution >= 4 is 34.8 Å².